The van der Waals surface area contributed by atoms with Crippen molar-refractivity contribution >= 4 is 11.9 Å². The molecule has 1 aliphatic rings. The molecular weight excluding hydrogens is 316 g/mol. The summed E-state index contributed by atoms with van der Waals surface area (Å²) in [5.74, 6) is -2.89. The summed E-state index contributed by atoms with van der Waals surface area (Å²) >= 11 is 0. The third-order valence-corrected chi connectivity index (χ3v) is 4.05. The van der Waals surface area contributed by atoms with Crippen LogP contribution in [0.4, 0.5) is 0 Å². The average Bonchev–Trinajstić information content (AvgIpc) is 3.08. The molecule has 7 heteroatoms. The number of hydrogen-bond acceptors (Lipinski definition) is 7. The Labute approximate surface area is 143 Å². The summed E-state index contributed by atoms with van der Waals surface area (Å²) in [5.41, 5.74) is -2.42. The maximum atomic E-state index is 12.4. The predicted molar refractivity (Wildman–Crippen MR) is 86.2 cm³/mol. The van der Waals surface area contributed by atoms with E-state index < -0.39 is 29.7 Å². The van der Waals surface area contributed by atoms with Crippen LogP contribution in [-0.4, -0.2) is 55.4 Å². The summed E-state index contributed by atoms with van der Waals surface area (Å²) < 4.78 is 20.8. The van der Waals surface area contributed by atoms with Crippen molar-refractivity contribution in [3.8, 4) is 0 Å². The van der Waals surface area contributed by atoms with Crippen molar-refractivity contribution in [3.05, 3.63) is 0 Å². The lowest BCUT2D eigenvalue weighted by Crippen LogP contribution is -2.58. The molecule has 0 unspecified atom stereocenters. The van der Waals surface area contributed by atoms with E-state index in [4.69, 9.17) is 18.9 Å². The highest BCUT2D eigenvalue weighted by molar-refractivity contribution is 6.03. The topological polar surface area (TPSA) is 91.3 Å². The summed E-state index contributed by atoms with van der Waals surface area (Å²) in [6, 6.07) is 0. The molecule has 0 aliphatic carbocycles. The van der Waals surface area contributed by atoms with Crippen molar-refractivity contribution in [2.24, 2.45) is 5.92 Å². The molecule has 1 N–H and O–H groups in total. The molecule has 1 saturated heterocycles. The van der Waals surface area contributed by atoms with Gasteiger partial charge in [0.1, 0.15) is 0 Å². The fraction of sp³-hybridized carbons (Fsp3) is 0.882. The second-order valence-electron chi connectivity index (χ2n) is 5.77. The first-order valence-corrected chi connectivity index (χ1v) is 8.82. The number of ether oxygens (including phenoxy) is 4. The van der Waals surface area contributed by atoms with Gasteiger partial charge < -0.3 is 24.1 Å². The highest BCUT2D eigenvalue weighted by Gasteiger charge is 2.57. The maximum Gasteiger partial charge on any atom is 0.350 e. The van der Waals surface area contributed by atoms with Gasteiger partial charge in [-0.25, -0.2) is 9.59 Å². The number of esters is 2. The van der Waals surface area contributed by atoms with E-state index >= 15 is 0 Å². The molecule has 7 nitrogen and oxygen atoms in total. The minimum atomic E-state index is -2.42. The van der Waals surface area contributed by atoms with Crippen molar-refractivity contribution in [3.63, 3.8) is 0 Å². The zero-order valence-electron chi connectivity index (χ0n) is 14.9. The predicted octanol–water partition coefficient (Wildman–Crippen LogP) is 1.80. The van der Waals surface area contributed by atoms with Crippen LogP contribution in [0.3, 0.4) is 0 Å². The van der Waals surface area contributed by atoms with E-state index in [0.717, 1.165) is 25.7 Å². The van der Waals surface area contributed by atoms with Gasteiger partial charge in [-0.1, -0.05) is 32.6 Å². The third kappa shape index (κ3) is 5.16. The SMILES string of the molecule is CCCCCC[C@H](C1OCCO1)C(O)(C(=O)OCC)C(=O)OCC. The van der Waals surface area contributed by atoms with Crippen LogP contribution >= 0.6 is 0 Å². The van der Waals surface area contributed by atoms with Gasteiger partial charge in [0.25, 0.3) is 5.60 Å². The molecule has 1 fully saturated rings. The van der Waals surface area contributed by atoms with E-state index in [1.807, 2.05) is 0 Å². The summed E-state index contributed by atoms with van der Waals surface area (Å²) in [4.78, 5) is 24.8. The van der Waals surface area contributed by atoms with E-state index in [1.165, 1.54) is 0 Å². The van der Waals surface area contributed by atoms with Crippen LogP contribution in [0.15, 0.2) is 0 Å². The van der Waals surface area contributed by atoms with Crippen LogP contribution < -0.4 is 0 Å². The standard InChI is InChI=1S/C17H30O7/c1-4-7-8-9-10-13(14-23-11-12-24-14)17(20,15(18)21-5-2)16(19)22-6-3/h13-14,20H,4-12H2,1-3H3/t13-/m1/s1. The molecule has 0 spiro atoms. The largest absolute Gasteiger partial charge is 0.463 e. The Morgan fingerprint density at radius 3 is 2.04 bits per heavy atom. The van der Waals surface area contributed by atoms with E-state index in [9.17, 15) is 14.7 Å². The van der Waals surface area contributed by atoms with Gasteiger partial charge in [-0.2, -0.15) is 0 Å². The molecule has 0 bridgehead atoms. The van der Waals surface area contributed by atoms with Crippen LogP contribution in [0, 0.1) is 5.92 Å². The average molecular weight is 346 g/mol. The van der Waals surface area contributed by atoms with Gasteiger partial charge in [-0.3, -0.25) is 0 Å². The molecular formula is C17H30O7. The smallest absolute Gasteiger partial charge is 0.350 e. The zero-order chi connectivity index (χ0) is 18.0. The normalized spacial score (nSPS) is 16.8. The van der Waals surface area contributed by atoms with Crippen LogP contribution in [-0.2, 0) is 28.5 Å². The molecule has 0 amide bonds. The molecule has 0 aromatic carbocycles. The summed E-state index contributed by atoms with van der Waals surface area (Å²) in [5, 5.41) is 11.0. The lowest BCUT2D eigenvalue weighted by atomic mass is 9.82. The van der Waals surface area contributed by atoms with Gasteiger partial charge in [0, 0.05) is 0 Å². The van der Waals surface area contributed by atoms with Gasteiger partial charge >= 0.3 is 11.9 Å². The molecule has 0 aromatic heterocycles. The molecule has 1 atom stereocenters. The highest BCUT2D eigenvalue weighted by Crippen LogP contribution is 2.33. The number of unbranched alkanes of at least 4 members (excludes halogenated alkanes) is 3. The molecule has 0 radical (unpaired) electrons. The quantitative estimate of drug-likeness (QED) is 0.346. The van der Waals surface area contributed by atoms with Crippen LogP contribution in [0.2, 0.25) is 0 Å². The molecule has 1 aliphatic heterocycles. The Balaban J connectivity index is 3.02. The second-order valence-corrected chi connectivity index (χ2v) is 5.77. The van der Waals surface area contributed by atoms with Crippen molar-refractivity contribution in [2.45, 2.75) is 64.8 Å². The minimum absolute atomic E-state index is 0.0511. The van der Waals surface area contributed by atoms with Gasteiger partial charge in [-0.15, -0.1) is 0 Å². The number of aliphatic hydroxyl groups is 1. The monoisotopic (exact) mass is 346 g/mol. The number of hydrogen-bond donors (Lipinski definition) is 1. The molecule has 24 heavy (non-hydrogen) atoms. The lowest BCUT2D eigenvalue weighted by Gasteiger charge is -2.34. The number of carbonyl (C=O) groups is 2. The van der Waals surface area contributed by atoms with Crippen molar-refractivity contribution in [2.75, 3.05) is 26.4 Å². The lowest BCUT2D eigenvalue weighted by molar-refractivity contribution is -0.209. The fourth-order valence-electron chi connectivity index (χ4n) is 2.81. The van der Waals surface area contributed by atoms with E-state index in [2.05, 4.69) is 6.92 Å². The Hall–Kier alpha value is -1.18. The Morgan fingerprint density at radius 2 is 1.58 bits per heavy atom. The first-order valence-electron chi connectivity index (χ1n) is 8.82. The number of carbonyl (C=O) groups excluding carboxylic acids is 2. The van der Waals surface area contributed by atoms with E-state index in [1.54, 1.807) is 13.8 Å². The summed E-state index contributed by atoms with van der Waals surface area (Å²) in [7, 11) is 0. The Morgan fingerprint density at radius 1 is 1.04 bits per heavy atom. The molecule has 0 saturated carbocycles. The van der Waals surface area contributed by atoms with Gasteiger partial charge in [0.05, 0.1) is 32.3 Å². The zero-order valence-corrected chi connectivity index (χ0v) is 14.9. The first kappa shape index (κ1) is 20.9. The van der Waals surface area contributed by atoms with Crippen molar-refractivity contribution in [1.29, 1.82) is 0 Å². The summed E-state index contributed by atoms with van der Waals surface area (Å²) in [6.45, 7) is 6.14. The van der Waals surface area contributed by atoms with Crippen molar-refractivity contribution in [1.82, 2.24) is 0 Å². The maximum absolute atomic E-state index is 12.4. The Kier molecular flexibility index (Phi) is 9.25. The summed E-state index contributed by atoms with van der Waals surface area (Å²) in [6.07, 6.45) is 3.34. The van der Waals surface area contributed by atoms with Crippen LogP contribution in [0.25, 0.3) is 0 Å². The van der Waals surface area contributed by atoms with Gasteiger partial charge in [0.2, 0.25) is 0 Å². The van der Waals surface area contributed by atoms with Crippen molar-refractivity contribution < 1.29 is 33.6 Å². The van der Waals surface area contributed by atoms with E-state index in [-0.39, 0.29) is 13.2 Å². The van der Waals surface area contributed by atoms with Crippen LogP contribution in [0.5, 0.6) is 0 Å². The molecule has 1 heterocycles. The Bertz CT molecular complexity index is 372. The highest BCUT2D eigenvalue weighted by atomic mass is 16.7. The van der Waals surface area contributed by atoms with Gasteiger partial charge in [0.15, 0.2) is 6.29 Å². The minimum Gasteiger partial charge on any atom is -0.463 e. The molecule has 140 valence electrons. The molecule has 0 aromatic rings. The fourth-order valence-corrected chi connectivity index (χ4v) is 2.81. The third-order valence-electron chi connectivity index (χ3n) is 4.05. The van der Waals surface area contributed by atoms with Crippen LogP contribution in [0.1, 0.15) is 52.9 Å². The van der Waals surface area contributed by atoms with E-state index in [0.29, 0.717) is 19.6 Å². The number of rotatable bonds is 11. The van der Waals surface area contributed by atoms with Gasteiger partial charge in [-0.05, 0) is 20.3 Å². The molecule has 1 rings (SSSR count). The first-order chi connectivity index (χ1) is 11.5. The second kappa shape index (κ2) is 10.6.